The average molecular weight is 312 g/mol. The SMILES string of the molecule is CNS(=O)(=O)c1ccccc1N1CCCC(C)C1C(=O)O. The monoisotopic (exact) mass is 312 g/mol. The number of carbonyl (C=O) groups is 1. The van der Waals surface area contributed by atoms with Crippen molar-refractivity contribution >= 4 is 21.7 Å². The molecule has 0 saturated carbocycles. The van der Waals surface area contributed by atoms with Gasteiger partial charge < -0.3 is 10.0 Å². The zero-order chi connectivity index (χ0) is 15.6. The lowest BCUT2D eigenvalue weighted by atomic mass is 9.90. The Morgan fingerprint density at radius 1 is 1.38 bits per heavy atom. The van der Waals surface area contributed by atoms with Crippen LogP contribution in [0.4, 0.5) is 5.69 Å². The molecule has 21 heavy (non-hydrogen) atoms. The summed E-state index contributed by atoms with van der Waals surface area (Å²) < 4.78 is 26.6. The van der Waals surface area contributed by atoms with Gasteiger partial charge >= 0.3 is 5.97 Å². The summed E-state index contributed by atoms with van der Waals surface area (Å²) in [7, 11) is -2.28. The number of benzene rings is 1. The molecule has 0 radical (unpaired) electrons. The van der Waals surface area contributed by atoms with E-state index in [1.54, 1.807) is 23.1 Å². The number of hydrogen-bond donors (Lipinski definition) is 2. The van der Waals surface area contributed by atoms with Gasteiger partial charge in [-0.25, -0.2) is 17.9 Å². The van der Waals surface area contributed by atoms with Gasteiger partial charge in [0.2, 0.25) is 10.0 Å². The Labute approximate surface area is 124 Å². The third kappa shape index (κ3) is 3.03. The molecule has 6 nitrogen and oxygen atoms in total. The molecule has 1 aromatic rings. The molecule has 0 amide bonds. The van der Waals surface area contributed by atoms with Crippen LogP contribution >= 0.6 is 0 Å². The molecule has 7 heteroatoms. The highest BCUT2D eigenvalue weighted by atomic mass is 32.2. The van der Waals surface area contributed by atoms with Crippen LogP contribution in [0.1, 0.15) is 19.8 Å². The van der Waals surface area contributed by atoms with Crippen molar-refractivity contribution in [3.8, 4) is 0 Å². The van der Waals surface area contributed by atoms with Gasteiger partial charge in [0.1, 0.15) is 10.9 Å². The maximum absolute atomic E-state index is 12.1. The summed E-state index contributed by atoms with van der Waals surface area (Å²) in [4.78, 5) is 13.4. The predicted octanol–water partition coefficient (Wildman–Crippen LogP) is 1.28. The van der Waals surface area contributed by atoms with Crippen LogP contribution in [0.15, 0.2) is 29.2 Å². The van der Waals surface area contributed by atoms with Crippen LogP contribution in [-0.2, 0) is 14.8 Å². The van der Waals surface area contributed by atoms with E-state index in [0.717, 1.165) is 12.8 Å². The summed E-state index contributed by atoms with van der Waals surface area (Å²) in [5, 5.41) is 9.48. The number of rotatable bonds is 4. The fourth-order valence-corrected chi connectivity index (χ4v) is 3.80. The zero-order valence-corrected chi connectivity index (χ0v) is 12.9. The number of para-hydroxylation sites is 1. The molecule has 1 aliphatic rings. The molecule has 0 bridgehead atoms. The largest absolute Gasteiger partial charge is 0.480 e. The van der Waals surface area contributed by atoms with Gasteiger partial charge in [-0.05, 0) is 37.9 Å². The highest BCUT2D eigenvalue weighted by molar-refractivity contribution is 7.89. The van der Waals surface area contributed by atoms with E-state index in [9.17, 15) is 18.3 Å². The first-order valence-electron chi connectivity index (χ1n) is 6.90. The van der Waals surface area contributed by atoms with E-state index in [-0.39, 0.29) is 10.8 Å². The van der Waals surface area contributed by atoms with Gasteiger partial charge in [-0.2, -0.15) is 0 Å². The van der Waals surface area contributed by atoms with Crippen LogP contribution in [0.2, 0.25) is 0 Å². The molecular formula is C14H20N2O4S. The molecule has 1 fully saturated rings. The number of carboxylic acid groups (broad SMARTS) is 1. The molecule has 0 aliphatic carbocycles. The first-order valence-corrected chi connectivity index (χ1v) is 8.39. The Balaban J connectivity index is 2.52. The van der Waals surface area contributed by atoms with E-state index in [4.69, 9.17) is 0 Å². The molecule has 1 heterocycles. The Morgan fingerprint density at radius 3 is 2.67 bits per heavy atom. The second-order valence-electron chi connectivity index (χ2n) is 5.27. The van der Waals surface area contributed by atoms with Crippen LogP contribution in [0.3, 0.4) is 0 Å². The summed E-state index contributed by atoms with van der Waals surface area (Å²) in [5.74, 6) is -0.944. The fraction of sp³-hybridized carbons (Fsp3) is 0.500. The summed E-state index contributed by atoms with van der Waals surface area (Å²) in [6.45, 7) is 2.43. The minimum Gasteiger partial charge on any atom is -0.480 e. The molecule has 1 aromatic carbocycles. The number of aliphatic carboxylic acids is 1. The van der Waals surface area contributed by atoms with Gasteiger partial charge in [-0.1, -0.05) is 19.1 Å². The number of piperidine rings is 1. The van der Waals surface area contributed by atoms with E-state index in [1.165, 1.54) is 13.1 Å². The van der Waals surface area contributed by atoms with Crippen LogP contribution in [0, 0.1) is 5.92 Å². The van der Waals surface area contributed by atoms with Crippen LogP contribution < -0.4 is 9.62 Å². The van der Waals surface area contributed by atoms with E-state index in [2.05, 4.69) is 4.72 Å². The quantitative estimate of drug-likeness (QED) is 0.874. The number of hydrogen-bond acceptors (Lipinski definition) is 4. The summed E-state index contributed by atoms with van der Waals surface area (Å²) in [5.41, 5.74) is 0.450. The summed E-state index contributed by atoms with van der Waals surface area (Å²) in [6, 6.07) is 5.82. The van der Waals surface area contributed by atoms with Gasteiger partial charge in [0, 0.05) is 6.54 Å². The average Bonchev–Trinajstić information content (AvgIpc) is 2.46. The Kier molecular flexibility index (Phi) is 4.53. The van der Waals surface area contributed by atoms with Crippen LogP contribution in [0.25, 0.3) is 0 Å². The van der Waals surface area contributed by atoms with Crippen molar-refractivity contribution in [3.05, 3.63) is 24.3 Å². The highest BCUT2D eigenvalue weighted by Gasteiger charge is 2.36. The van der Waals surface area contributed by atoms with E-state index >= 15 is 0 Å². The molecule has 1 saturated heterocycles. The van der Waals surface area contributed by atoms with Crippen molar-refractivity contribution < 1.29 is 18.3 Å². The number of sulfonamides is 1. The maximum Gasteiger partial charge on any atom is 0.326 e. The van der Waals surface area contributed by atoms with Gasteiger partial charge in [0.05, 0.1) is 5.69 Å². The van der Waals surface area contributed by atoms with Crippen LogP contribution in [0.5, 0.6) is 0 Å². The lowest BCUT2D eigenvalue weighted by Crippen LogP contribution is -2.50. The summed E-state index contributed by atoms with van der Waals surface area (Å²) in [6.07, 6.45) is 1.67. The number of nitrogens with zero attached hydrogens (tertiary/aromatic N) is 1. The van der Waals surface area contributed by atoms with Gasteiger partial charge in [-0.15, -0.1) is 0 Å². The van der Waals surface area contributed by atoms with Crippen molar-refractivity contribution in [2.45, 2.75) is 30.7 Å². The molecular weight excluding hydrogens is 292 g/mol. The fourth-order valence-electron chi connectivity index (χ4n) is 2.87. The normalized spacial score (nSPS) is 23.0. The number of carboxylic acids is 1. The zero-order valence-electron chi connectivity index (χ0n) is 12.1. The van der Waals surface area contributed by atoms with Gasteiger partial charge in [0.15, 0.2) is 0 Å². The Morgan fingerprint density at radius 2 is 2.05 bits per heavy atom. The second-order valence-corrected chi connectivity index (χ2v) is 7.13. The predicted molar refractivity (Wildman–Crippen MR) is 79.9 cm³/mol. The molecule has 0 aromatic heterocycles. The first kappa shape index (κ1) is 15.8. The number of anilines is 1. The maximum atomic E-state index is 12.1. The van der Waals surface area contributed by atoms with Crippen molar-refractivity contribution in [2.24, 2.45) is 5.92 Å². The Hall–Kier alpha value is -1.60. The van der Waals surface area contributed by atoms with E-state index in [0.29, 0.717) is 12.2 Å². The first-order chi connectivity index (χ1) is 9.88. The van der Waals surface area contributed by atoms with Crippen molar-refractivity contribution in [2.75, 3.05) is 18.5 Å². The minimum atomic E-state index is -3.63. The van der Waals surface area contributed by atoms with E-state index < -0.39 is 22.0 Å². The summed E-state index contributed by atoms with van der Waals surface area (Å²) >= 11 is 0. The molecule has 2 N–H and O–H groups in total. The molecule has 2 unspecified atom stereocenters. The topological polar surface area (TPSA) is 86.7 Å². The van der Waals surface area contributed by atoms with Crippen molar-refractivity contribution in [3.63, 3.8) is 0 Å². The lowest BCUT2D eigenvalue weighted by Gasteiger charge is -2.39. The third-order valence-electron chi connectivity index (χ3n) is 3.92. The molecule has 2 atom stereocenters. The second kappa shape index (κ2) is 6.03. The molecule has 1 aliphatic heterocycles. The third-order valence-corrected chi connectivity index (χ3v) is 5.38. The molecule has 116 valence electrons. The van der Waals surface area contributed by atoms with Gasteiger partial charge in [-0.3, -0.25) is 0 Å². The van der Waals surface area contributed by atoms with Crippen molar-refractivity contribution in [1.29, 1.82) is 0 Å². The van der Waals surface area contributed by atoms with Gasteiger partial charge in [0.25, 0.3) is 0 Å². The lowest BCUT2D eigenvalue weighted by molar-refractivity contribution is -0.140. The Bertz CT molecular complexity index is 630. The smallest absolute Gasteiger partial charge is 0.326 e. The number of nitrogens with one attached hydrogen (secondary N) is 1. The highest BCUT2D eigenvalue weighted by Crippen LogP contribution is 2.33. The molecule has 0 spiro atoms. The van der Waals surface area contributed by atoms with Crippen LogP contribution in [-0.4, -0.2) is 39.1 Å². The minimum absolute atomic E-state index is 0.0263. The van der Waals surface area contributed by atoms with E-state index in [1.807, 2.05) is 6.92 Å². The molecule has 2 rings (SSSR count). The standard InChI is InChI=1S/C14H20N2O4S/c1-10-6-5-9-16(13(10)14(17)18)11-7-3-4-8-12(11)21(19,20)15-2/h3-4,7-8,10,13,15H,5-6,9H2,1-2H3,(H,17,18). The van der Waals surface area contributed by atoms with Crippen molar-refractivity contribution in [1.82, 2.24) is 4.72 Å².